The van der Waals surface area contributed by atoms with E-state index in [-0.39, 0.29) is 11.5 Å². The molecular formula is C19H26O4S. The molecule has 0 saturated heterocycles. The van der Waals surface area contributed by atoms with Crippen LogP contribution in [0.25, 0.3) is 0 Å². The lowest BCUT2D eigenvalue weighted by Gasteiger charge is -2.07. The maximum absolute atomic E-state index is 12.0. The molecule has 1 atom stereocenters. The van der Waals surface area contributed by atoms with Gasteiger partial charge < -0.3 is 5.11 Å². The quantitative estimate of drug-likeness (QED) is 0.317. The summed E-state index contributed by atoms with van der Waals surface area (Å²) >= 11 is 0. The zero-order chi connectivity index (χ0) is 18.2. The summed E-state index contributed by atoms with van der Waals surface area (Å²) in [5.41, 5.74) is 2.85. The SMILES string of the molecule is C=C(C)C=CC(O)CC(C)=CCCOS(=O)(=O)c1ccc(C)cc1. The minimum absolute atomic E-state index is 0.0747. The Kier molecular flexibility index (Phi) is 8.11. The monoisotopic (exact) mass is 350 g/mol. The molecule has 1 N–H and O–H groups in total. The number of aryl methyl sites for hydroxylation is 1. The minimum Gasteiger partial charge on any atom is -0.389 e. The van der Waals surface area contributed by atoms with Gasteiger partial charge in [0, 0.05) is 0 Å². The van der Waals surface area contributed by atoms with Crippen molar-refractivity contribution >= 4 is 10.1 Å². The summed E-state index contributed by atoms with van der Waals surface area (Å²) in [4.78, 5) is 0.161. The van der Waals surface area contributed by atoms with E-state index in [1.807, 2.05) is 26.8 Å². The topological polar surface area (TPSA) is 63.6 Å². The number of aliphatic hydroxyl groups excluding tert-OH is 1. The van der Waals surface area contributed by atoms with Crippen LogP contribution in [0.15, 0.2) is 65.1 Å². The molecule has 1 aromatic carbocycles. The first-order chi connectivity index (χ1) is 11.2. The van der Waals surface area contributed by atoms with Crippen molar-refractivity contribution in [3.8, 4) is 0 Å². The fraction of sp³-hybridized carbons (Fsp3) is 0.368. The lowest BCUT2D eigenvalue weighted by Crippen LogP contribution is -2.07. The van der Waals surface area contributed by atoms with E-state index in [2.05, 4.69) is 6.58 Å². The van der Waals surface area contributed by atoms with Crippen molar-refractivity contribution in [3.05, 3.63) is 65.8 Å². The fourth-order valence-electron chi connectivity index (χ4n) is 1.99. The van der Waals surface area contributed by atoms with Crippen molar-refractivity contribution in [3.63, 3.8) is 0 Å². The smallest absolute Gasteiger partial charge is 0.296 e. The van der Waals surface area contributed by atoms with Crippen molar-refractivity contribution in [2.75, 3.05) is 6.61 Å². The molecule has 0 aliphatic heterocycles. The first-order valence-corrected chi connectivity index (χ1v) is 9.25. The highest BCUT2D eigenvalue weighted by Crippen LogP contribution is 2.14. The van der Waals surface area contributed by atoms with Gasteiger partial charge in [0.25, 0.3) is 10.1 Å². The molecule has 0 radical (unpaired) electrons. The Balaban J connectivity index is 2.46. The number of hydrogen-bond acceptors (Lipinski definition) is 4. The lowest BCUT2D eigenvalue weighted by molar-refractivity contribution is 0.223. The van der Waals surface area contributed by atoms with Crippen LogP contribution in [0.5, 0.6) is 0 Å². The second kappa shape index (κ2) is 9.57. The predicted octanol–water partition coefficient (Wildman–Crippen LogP) is 3.92. The van der Waals surface area contributed by atoms with Crippen molar-refractivity contribution in [1.82, 2.24) is 0 Å². The van der Waals surface area contributed by atoms with E-state index in [9.17, 15) is 13.5 Å². The van der Waals surface area contributed by atoms with Crippen LogP contribution in [0, 0.1) is 6.92 Å². The van der Waals surface area contributed by atoms with Crippen molar-refractivity contribution in [2.45, 2.75) is 44.6 Å². The average Bonchev–Trinajstić information content (AvgIpc) is 2.50. The Labute approximate surface area is 145 Å². The van der Waals surface area contributed by atoms with Gasteiger partial charge in [0.15, 0.2) is 0 Å². The molecular weight excluding hydrogens is 324 g/mol. The molecule has 0 aliphatic rings. The molecule has 0 bridgehead atoms. The molecule has 1 aromatic rings. The van der Waals surface area contributed by atoms with Gasteiger partial charge in [-0.2, -0.15) is 8.42 Å². The largest absolute Gasteiger partial charge is 0.389 e. The van der Waals surface area contributed by atoms with Crippen LogP contribution in [-0.2, 0) is 14.3 Å². The molecule has 1 unspecified atom stereocenters. The van der Waals surface area contributed by atoms with E-state index in [0.29, 0.717) is 12.8 Å². The van der Waals surface area contributed by atoms with Gasteiger partial charge in [0.05, 0.1) is 17.6 Å². The number of hydrogen-bond donors (Lipinski definition) is 1. The third-order valence-corrected chi connectivity index (χ3v) is 4.62. The summed E-state index contributed by atoms with van der Waals surface area (Å²) < 4.78 is 29.1. The first-order valence-electron chi connectivity index (χ1n) is 7.84. The molecule has 0 saturated carbocycles. The van der Waals surface area contributed by atoms with Crippen molar-refractivity contribution < 1.29 is 17.7 Å². The Morgan fingerprint density at radius 2 is 1.92 bits per heavy atom. The minimum atomic E-state index is -3.72. The van der Waals surface area contributed by atoms with Crippen LogP contribution in [-0.4, -0.2) is 26.2 Å². The molecule has 132 valence electrons. The highest BCUT2D eigenvalue weighted by molar-refractivity contribution is 7.86. The molecule has 0 amide bonds. The van der Waals surface area contributed by atoms with Gasteiger partial charge in [0.2, 0.25) is 0 Å². The predicted molar refractivity (Wildman–Crippen MR) is 97.3 cm³/mol. The summed E-state index contributed by atoms with van der Waals surface area (Å²) in [5.74, 6) is 0. The number of aliphatic hydroxyl groups is 1. The van der Waals surface area contributed by atoms with E-state index in [0.717, 1.165) is 16.7 Å². The van der Waals surface area contributed by atoms with Crippen LogP contribution in [0.2, 0.25) is 0 Å². The number of benzene rings is 1. The molecule has 0 aromatic heterocycles. The summed E-state index contributed by atoms with van der Waals surface area (Å²) in [6.07, 6.45) is 5.73. The summed E-state index contributed by atoms with van der Waals surface area (Å²) in [5, 5.41) is 9.83. The molecule has 1 rings (SSSR count). The molecule has 5 heteroatoms. The van der Waals surface area contributed by atoms with Crippen LogP contribution >= 0.6 is 0 Å². The van der Waals surface area contributed by atoms with Gasteiger partial charge in [-0.05, 0) is 45.7 Å². The molecule has 0 heterocycles. The van der Waals surface area contributed by atoms with E-state index in [1.54, 1.807) is 24.3 Å². The maximum Gasteiger partial charge on any atom is 0.296 e. The van der Waals surface area contributed by atoms with Gasteiger partial charge in [0.1, 0.15) is 0 Å². The van der Waals surface area contributed by atoms with Crippen LogP contribution < -0.4 is 0 Å². The van der Waals surface area contributed by atoms with E-state index in [1.165, 1.54) is 12.1 Å². The summed E-state index contributed by atoms with van der Waals surface area (Å²) in [6.45, 7) is 9.46. The van der Waals surface area contributed by atoms with E-state index < -0.39 is 16.2 Å². The van der Waals surface area contributed by atoms with E-state index >= 15 is 0 Å². The fourth-order valence-corrected chi connectivity index (χ4v) is 2.91. The number of allylic oxidation sites excluding steroid dienone is 2. The van der Waals surface area contributed by atoms with Gasteiger partial charge >= 0.3 is 0 Å². The van der Waals surface area contributed by atoms with Gasteiger partial charge in [-0.1, -0.05) is 53.6 Å². The van der Waals surface area contributed by atoms with Gasteiger partial charge in [-0.15, -0.1) is 0 Å². The Morgan fingerprint density at radius 3 is 2.50 bits per heavy atom. The third kappa shape index (κ3) is 7.73. The number of rotatable bonds is 9. The second-order valence-electron chi connectivity index (χ2n) is 5.91. The molecule has 0 aliphatic carbocycles. The first kappa shape index (κ1) is 20.4. The highest BCUT2D eigenvalue weighted by Gasteiger charge is 2.14. The Morgan fingerprint density at radius 1 is 1.29 bits per heavy atom. The van der Waals surface area contributed by atoms with Gasteiger partial charge in [-0.25, -0.2) is 0 Å². The molecule has 0 fully saturated rings. The molecule has 24 heavy (non-hydrogen) atoms. The third-order valence-electron chi connectivity index (χ3n) is 3.29. The normalized spacial score (nSPS) is 14.1. The standard InChI is InChI=1S/C19H26O4S/c1-15(2)7-10-18(20)14-17(4)6-5-13-23-24(21,22)19-11-8-16(3)9-12-19/h6-12,18,20H,1,5,13-14H2,2-4H3. The van der Waals surface area contributed by atoms with Crippen LogP contribution in [0.3, 0.4) is 0 Å². The second-order valence-corrected chi connectivity index (χ2v) is 7.52. The highest BCUT2D eigenvalue weighted by atomic mass is 32.2. The van der Waals surface area contributed by atoms with Crippen molar-refractivity contribution in [2.24, 2.45) is 0 Å². The zero-order valence-corrected chi connectivity index (χ0v) is 15.3. The van der Waals surface area contributed by atoms with Gasteiger partial charge in [-0.3, -0.25) is 4.18 Å². The van der Waals surface area contributed by atoms with Crippen molar-refractivity contribution in [1.29, 1.82) is 0 Å². The lowest BCUT2D eigenvalue weighted by atomic mass is 10.1. The average molecular weight is 350 g/mol. The van der Waals surface area contributed by atoms with E-state index in [4.69, 9.17) is 4.18 Å². The van der Waals surface area contributed by atoms with Crippen LogP contribution in [0.4, 0.5) is 0 Å². The van der Waals surface area contributed by atoms with Crippen LogP contribution in [0.1, 0.15) is 32.3 Å². The summed E-state index contributed by atoms with van der Waals surface area (Å²) in [7, 11) is -3.72. The molecule has 0 spiro atoms. The Bertz CT molecular complexity index is 697. The maximum atomic E-state index is 12.0. The zero-order valence-electron chi connectivity index (χ0n) is 14.5. The molecule has 4 nitrogen and oxygen atoms in total. The Hall–Kier alpha value is -1.69. The summed E-state index contributed by atoms with van der Waals surface area (Å²) in [6, 6.07) is 6.55.